The third-order valence-corrected chi connectivity index (χ3v) is 3.55. The van der Waals surface area contributed by atoms with Gasteiger partial charge >= 0.3 is 5.97 Å². The topological polar surface area (TPSA) is 93.5 Å². The molecule has 0 aliphatic heterocycles. The van der Waals surface area contributed by atoms with Crippen molar-refractivity contribution < 1.29 is 19.4 Å². The van der Waals surface area contributed by atoms with Crippen molar-refractivity contribution in [3.05, 3.63) is 18.0 Å². The van der Waals surface area contributed by atoms with Crippen molar-refractivity contribution in [2.75, 3.05) is 13.7 Å². The van der Waals surface area contributed by atoms with Crippen molar-refractivity contribution >= 4 is 11.9 Å². The maximum atomic E-state index is 12.0. The van der Waals surface area contributed by atoms with Gasteiger partial charge in [-0.15, -0.1) is 0 Å². The highest BCUT2D eigenvalue weighted by Gasteiger charge is 2.34. The summed E-state index contributed by atoms with van der Waals surface area (Å²) < 4.78 is 6.56. The standard InChI is InChI=1S/C13H19N3O4/c1-20-8-7-16-6-5-11(15-16)12(17)14-10-4-2-3-9(10)13(18)19/h5-6,9-10H,2-4,7-8H2,1H3,(H,14,17)(H,18,19)/t9-,10+/m0/s1. The zero-order valence-corrected chi connectivity index (χ0v) is 11.4. The summed E-state index contributed by atoms with van der Waals surface area (Å²) in [4.78, 5) is 23.1. The van der Waals surface area contributed by atoms with Crippen LogP contribution in [0.3, 0.4) is 0 Å². The molecule has 1 aliphatic carbocycles. The second kappa shape index (κ2) is 6.51. The van der Waals surface area contributed by atoms with Crippen molar-refractivity contribution in [3.63, 3.8) is 0 Å². The summed E-state index contributed by atoms with van der Waals surface area (Å²) in [6, 6.07) is 1.32. The molecule has 2 rings (SSSR count). The van der Waals surface area contributed by atoms with Crippen LogP contribution in [-0.2, 0) is 16.1 Å². The fourth-order valence-electron chi connectivity index (χ4n) is 2.46. The van der Waals surface area contributed by atoms with E-state index in [4.69, 9.17) is 9.84 Å². The normalized spacial score (nSPS) is 21.9. The number of nitrogens with one attached hydrogen (secondary N) is 1. The average molecular weight is 281 g/mol. The number of carboxylic acids is 1. The highest BCUT2D eigenvalue weighted by atomic mass is 16.5. The number of carboxylic acid groups (broad SMARTS) is 1. The predicted octanol–water partition coefficient (Wildman–Crippen LogP) is 0.513. The van der Waals surface area contributed by atoms with Crippen LogP contribution in [0.2, 0.25) is 0 Å². The molecular weight excluding hydrogens is 262 g/mol. The number of carbonyl (C=O) groups is 2. The quantitative estimate of drug-likeness (QED) is 0.792. The van der Waals surface area contributed by atoms with E-state index in [1.54, 1.807) is 24.1 Å². The van der Waals surface area contributed by atoms with E-state index in [1.165, 1.54) is 0 Å². The van der Waals surface area contributed by atoms with Crippen molar-refractivity contribution in [3.8, 4) is 0 Å². The van der Waals surface area contributed by atoms with E-state index in [2.05, 4.69) is 10.4 Å². The molecule has 7 nitrogen and oxygen atoms in total. The number of aliphatic carboxylic acids is 1. The van der Waals surface area contributed by atoms with Crippen molar-refractivity contribution in [2.45, 2.75) is 31.8 Å². The van der Waals surface area contributed by atoms with Crippen molar-refractivity contribution in [1.29, 1.82) is 0 Å². The van der Waals surface area contributed by atoms with Gasteiger partial charge in [0.05, 0.1) is 19.1 Å². The van der Waals surface area contributed by atoms with Crippen molar-refractivity contribution in [1.82, 2.24) is 15.1 Å². The second-order valence-corrected chi connectivity index (χ2v) is 4.91. The Hall–Kier alpha value is -1.89. The van der Waals surface area contributed by atoms with Gasteiger partial charge in [-0.1, -0.05) is 6.42 Å². The highest BCUT2D eigenvalue weighted by Crippen LogP contribution is 2.25. The number of rotatable bonds is 6. The number of aromatic nitrogens is 2. The van der Waals surface area contributed by atoms with Gasteiger partial charge in [0.25, 0.3) is 5.91 Å². The van der Waals surface area contributed by atoms with Gasteiger partial charge in [0.2, 0.25) is 0 Å². The number of amides is 1. The molecule has 2 atom stereocenters. The lowest BCUT2D eigenvalue weighted by Crippen LogP contribution is -2.40. The monoisotopic (exact) mass is 281 g/mol. The molecule has 2 N–H and O–H groups in total. The summed E-state index contributed by atoms with van der Waals surface area (Å²) in [6.07, 6.45) is 3.84. The molecule has 1 fully saturated rings. The van der Waals surface area contributed by atoms with E-state index in [0.717, 1.165) is 6.42 Å². The second-order valence-electron chi connectivity index (χ2n) is 4.91. The molecule has 0 aromatic carbocycles. The van der Waals surface area contributed by atoms with Gasteiger partial charge in [-0.05, 0) is 18.9 Å². The number of hydrogen-bond donors (Lipinski definition) is 2. The minimum absolute atomic E-state index is 0.302. The first kappa shape index (κ1) is 14.5. The van der Waals surface area contributed by atoms with Crippen LogP contribution in [0.25, 0.3) is 0 Å². The zero-order chi connectivity index (χ0) is 14.5. The Kier molecular flexibility index (Phi) is 4.73. The fourth-order valence-corrected chi connectivity index (χ4v) is 2.46. The lowest BCUT2D eigenvalue weighted by molar-refractivity contribution is -0.142. The molecule has 1 aromatic heterocycles. The number of ether oxygens (including phenoxy) is 1. The van der Waals surface area contributed by atoms with Crippen LogP contribution in [0.1, 0.15) is 29.8 Å². The molecule has 0 saturated heterocycles. The van der Waals surface area contributed by atoms with Crippen LogP contribution in [0.5, 0.6) is 0 Å². The Labute approximate surface area is 116 Å². The van der Waals surface area contributed by atoms with Gasteiger partial charge in [0.15, 0.2) is 0 Å². The Morgan fingerprint density at radius 1 is 1.55 bits per heavy atom. The molecule has 110 valence electrons. The summed E-state index contributed by atoms with van der Waals surface area (Å²) in [7, 11) is 1.60. The summed E-state index contributed by atoms with van der Waals surface area (Å²) in [5.41, 5.74) is 0.303. The highest BCUT2D eigenvalue weighted by molar-refractivity contribution is 5.92. The Balaban J connectivity index is 1.94. The summed E-state index contributed by atoms with van der Waals surface area (Å²) >= 11 is 0. The van der Waals surface area contributed by atoms with E-state index in [1.807, 2.05) is 0 Å². The molecule has 1 heterocycles. The van der Waals surface area contributed by atoms with Crippen LogP contribution < -0.4 is 5.32 Å². The minimum Gasteiger partial charge on any atom is -0.481 e. The fraction of sp³-hybridized carbons (Fsp3) is 0.615. The molecule has 0 spiro atoms. The molecule has 1 aromatic rings. The summed E-state index contributed by atoms with van der Waals surface area (Å²) in [6.45, 7) is 1.09. The van der Waals surface area contributed by atoms with Gasteiger partial charge in [-0.25, -0.2) is 0 Å². The largest absolute Gasteiger partial charge is 0.481 e. The third-order valence-electron chi connectivity index (χ3n) is 3.55. The smallest absolute Gasteiger partial charge is 0.308 e. The molecular formula is C13H19N3O4. The molecule has 1 amide bonds. The summed E-state index contributed by atoms with van der Waals surface area (Å²) in [5, 5.41) is 16.0. The molecule has 0 bridgehead atoms. The van der Waals surface area contributed by atoms with Gasteiger partial charge < -0.3 is 15.2 Å². The Morgan fingerprint density at radius 2 is 2.35 bits per heavy atom. The first-order chi connectivity index (χ1) is 9.61. The van der Waals surface area contributed by atoms with E-state index in [9.17, 15) is 9.59 Å². The maximum absolute atomic E-state index is 12.0. The molecule has 1 saturated carbocycles. The maximum Gasteiger partial charge on any atom is 0.308 e. The zero-order valence-electron chi connectivity index (χ0n) is 11.4. The van der Waals surface area contributed by atoms with Crippen molar-refractivity contribution in [2.24, 2.45) is 5.92 Å². The minimum atomic E-state index is -0.849. The lowest BCUT2D eigenvalue weighted by Gasteiger charge is -2.16. The average Bonchev–Trinajstić information content (AvgIpc) is 3.04. The van der Waals surface area contributed by atoms with Gasteiger partial charge in [0.1, 0.15) is 5.69 Å². The SMILES string of the molecule is COCCn1ccc(C(=O)N[C@@H]2CCC[C@@H]2C(=O)O)n1. The van der Waals surface area contributed by atoms with E-state index in [0.29, 0.717) is 31.7 Å². The predicted molar refractivity (Wildman–Crippen MR) is 70.3 cm³/mol. The van der Waals surface area contributed by atoms with Crippen LogP contribution in [0.15, 0.2) is 12.3 Å². The number of carbonyl (C=O) groups excluding carboxylic acids is 1. The number of nitrogens with zero attached hydrogens (tertiary/aromatic N) is 2. The third kappa shape index (κ3) is 3.36. The van der Waals surface area contributed by atoms with E-state index >= 15 is 0 Å². The molecule has 0 unspecified atom stereocenters. The van der Waals surface area contributed by atoms with Crippen LogP contribution >= 0.6 is 0 Å². The molecule has 0 radical (unpaired) electrons. The Bertz CT molecular complexity index is 486. The van der Waals surface area contributed by atoms with Crippen LogP contribution in [0.4, 0.5) is 0 Å². The van der Waals surface area contributed by atoms with E-state index < -0.39 is 11.9 Å². The lowest BCUT2D eigenvalue weighted by atomic mass is 10.0. The first-order valence-corrected chi connectivity index (χ1v) is 6.68. The van der Waals surface area contributed by atoms with Crippen LogP contribution in [0, 0.1) is 5.92 Å². The van der Waals surface area contributed by atoms with Gasteiger partial charge in [0, 0.05) is 19.3 Å². The Morgan fingerprint density at radius 3 is 3.05 bits per heavy atom. The molecule has 20 heavy (non-hydrogen) atoms. The number of methoxy groups -OCH3 is 1. The van der Waals surface area contributed by atoms with Gasteiger partial charge in [-0.3, -0.25) is 14.3 Å². The molecule has 1 aliphatic rings. The summed E-state index contributed by atoms with van der Waals surface area (Å²) in [5.74, 6) is -1.66. The molecule has 7 heteroatoms. The van der Waals surface area contributed by atoms with Crippen LogP contribution in [-0.4, -0.2) is 46.5 Å². The first-order valence-electron chi connectivity index (χ1n) is 6.68. The van der Waals surface area contributed by atoms with E-state index in [-0.39, 0.29) is 11.9 Å². The number of hydrogen-bond acceptors (Lipinski definition) is 4. The van der Waals surface area contributed by atoms with Gasteiger partial charge in [-0.2, -0.15) is 5.10 Å².